The first kappa shape index (κ1) is 24.7. The highest BCUT2D eigenvalue weighted by Crippen LogP contribution is 2.36. The van der Waals surface area contributed by atoms with Gasteiger partial charge in [0.1, 0.15) is 5.75 Å². The van der Waals surface area contributed by atoms with E-state index in [1.165, 1.54) is 36.1 Å². The largest absolute Gasteiger partial charge is 0.494 e. The molecule has 0 aromatic heterocycles. The Morgan fingerprint density at radius 3 is 2.24 bits per heavy atom. The van der Waals surface area contributed by atoms with E-state index in [0.717, 1.165) is 47.2 Å². The smallest absolute Gasteiger partial charge is 0.119 e. The van der Waals surface area contributed by atoms with Crippen LogP contribution >= 0.6 is 15.9 Å². The summed E-state index contributed by atoms with van der Waals surface area (Å²) in [5.74, 6) is 0.913. The van der Waals surface area contributed by atoms with Crippen LogP contribution in [0.2, 0.25) is 0 Å². The van der Waals surface area contributed by atoms with Crippen LogP contribution in [0.25, 0.3) is 11.1 Å². The van der Waals surface area contributed by atoms with Gasteiger partial charge in [0.2, 0.25) is 0 Å². The van der Waals surface area contributed by atoms with Crippen LogP contribution < -0.4 is 4.74 Å². The molecule has 1 aliphatic heterocycles. The van der Waals surface area contributed by atoms with Gasteiger partial charge < -0.3 is 14.7 Å². The Kier molecular flexibility index (Phi) is 8.97. The SMILES string of the molecule is CN1CCCC1CCOc1ccc(/C(=C(/CCCO)c2ccccc2)c2ccc(Br)cc2)cc1. The Balaban J connectivity index is 1.63. The summed E-state index contributed by atoms with van der Waals surface area (Å²) in [7, 11) is 2.21. The Hall–Kier alpha value is -2.40. The lowest BCUT2D eigenvalue weighted by Gasteiger charge is -2.20. The minimum atomic E-state index is 0.174. The molecule has 0 aliphatic carbocycles. The molecule has 1 N–H and O–H groups in total. The quantitative estimate of drug-likeness (QED) is 0.291. The van der Waals surface area contributed by atoms with Crippen molar-refractivity contribution < 1.29 is 9.84 Å². The van der Waals surface area contributed by atoms with Gasteiger partial charge in [0, 0.05) is 17.1 Å². The highest BCUT2D eigenvalue weighted by atomic mass is 79.9. The monoisotopic (exact) mass is 519 g/mol. The van der Waals surface area contributed by atoms with Gasteiger partial charge in [0.05, 0.1) is 6.61 Å². The number of benzene rings is 3. The van der Waals surface area contributed by atoms with E-state index in [0.29, 0.717) is 6.04 Å². The number of nitrogens with zero attached hydrogens (tertiary/aromatic N) is 1. The molecule has 1 saturated heterocycles. The molecular formula is C30H34BrNO2. The summed E-state index contributed by atoms with van der Waals surface area (Å²) >= 11 is 3.57. The van der Waals surface area contributed by atoms with Gasteiger partial charge in [-0.3, -0.25) is 0 Å². The molecule has 3 aromatic carbocycles. The minimum absolute atomic E-state index is 0.174. The fraction of sp³-hybridized carbons (Fsp3) is 0.333. The number of aliphatic hydroxyl groups excluding tert-OH is 1. The van der Waals surface area contributed by atoms with Crippen molar-refractivity contribution in [3.05, 3.63) is 100 Å². The van der Waals surface area contributed by atoms with Gasteiger partial charge in [-0.1, -0.05) is 70.5 Å². The topological polar surface area (TPSA) is 32.7 Å². The van der Waals surface area contributed by atoms with Crippen LogP contribution in [0.15, 0.2) is 83.3 Å². The van der Waals surface area contributed by atoms with Crippen LogP contribution in [0.4, 0.5) is 0 Å². The van der Waals surface area contributed by atoms with Gasteiger partial charge in [-0.05, 0) is 97.8 Å². The number of likely N-dealkylation sites (tertiary alicyclic amines) is 1. The Bertz CT molecular complexity index is 1060. The lowest BCUT2D eigenvalue weighted by Crippen LogP contribution is -2.26. The van der Waals surface area contributed by atoms with Crippen molar-refractivity contribution >= 4 is 27.1 Å². The van der Waals surface area contributed by atoms with Crippen molar-refractivity contribution in [1.29, 1.82) is 0 Å². The molecule has 0 amide bonds. The fourth-order valence-corrected chi connectivity index (χ4v) is 5.08. The average molecular weight is 521 g/mol. The summed E-state index contributed by atoms with van der Waals surface area (Å²) in [6, 6.07) is 28.1. The van der Waals surface area contributed by atoms with Crippen molar-refractivity contribution in [3.8, 4) is 5.75 Å². The van der Waals surface area contributed by atoms with Gasteiger partial charge in [0.15, 0.2) is 0 Å². The standard InChI is InChI=1S/C30H34BrNO2/c1-32-20-5-9-27(32)19-22-34-28-17-13-25(14-18-28)30(24-11-15-26(31)16-12-24)29(10-6-21-33)23-7-3-2-4-8-23/h2-4,7-8,11-18,27,33H,5-6,9-10,19-22H2,1H3/b30-29-. The molecule has 1 unspecified atom stereocenters. The van der Waals surface area contributed by atoms with E-state index >= 15 is 0 Å². The maximum atomic E-state index is 9.59. The molecular weight excluding hydrogens is 486 g/mol. The molecule has 4 heteroatoms. The number of allylic oxidation sites excluding steroid dienone is 1. The van der Waals surface area contributed by atoms with E-state index in [2.05, 4.69) is 101 Å². The first-order valence-electron chi connectivity index (χ1n) is 12.2. The molecule has 1 aliphatic rings. The summed E-state index contributed by atoms with van der Waals surface area (Å²) in [6.45, 7) is 2.12. The molecule has 0 spiro atoms. The third-order valence-electron chi connectivity index (χ3n) is 6.68. The molecule has 0 radical (unpaired) electrons. The molecule has 0 bridgehead atoms. The molecule has 34 heavy (non-hydrogen) atoms. The Labute approximate surface area is 212 Å². The lowest BCUT2D eigenvalue weighted by atomic mass is 9.87. The molecule has 1 atom stereocenters. The van der Waals surface area contributed by atoms with E-state index in [1.54, 1.807) is 0 Å². The van der Waals surface area contributed by atoms with Crippen molar-refractivity contribution in [1.82, 2.24) is 4.90 Å². The third kappa shape index (κ3) is 6.38. The van der Waals surface area contributed by atoms with Crippen molar-refractivity contribution in [2.24, 2.45) is 0 Å². The van der Waals surface area contributed by atoms with Gasteiger partial charge in [-0.15, -0.1) is 0 Å². The van der Waals surface area contributed by atoms with E-state index in [-0.39, 0.29) is 6.61 Å². The van der Waals surface area contributed by atoms with Crippen LogP contribution in [-0.4, -0.2) is 42.9 Å². The molecule has 178 valence electrons. The number of ether oxygens (including phenoxy) is 1. The van der Waals surface area contributed by atoms with Gasteiger partial charge in [-0.25, -0.2) is 0 Å². The zero-order valence-corrected chi connectivity index (χ0v) is 21.5. The number of hydrogen-bond donors (Lipinski definition) is 1. The van der Waals surface area contributed by atoms with Crippen LogP contribution in [0.3, 0.4) is 0 Å². The zero-order chi connectivity index (χ0) is 23.8. The highest BCUT2D eigenvalue weighted by molar-refractivity contribution is 9.10. The second-order valence-corrected chi connectivity index (χ2v) is 9.91. The Morgan fingerprint density at radius 1 is 0.941 bits per heavy atom. The van der Waals surface area contributed by atoms with Crippen LogP contribution in [-0.2, 0) is 0 Å². The van der Waals surface area contributed by atoms with Gasteiger partial charge in [-0.2, -0.15) is 0 Å². The fourth-order valence-electron chi connectivity index (χ4n) is 4.82. The van der Waals surface area contributed by atoms with Crippen LogP contribution in [0.1, 0.15) is 48.8 Å². The van der Waals surface area contributed by atoms with E-state index < -0.39 is 0 Å². The predicted molar refractivity (Wildman–Crippen MR) is 145 cm³/mol. The minimum Gasteiger partial charge on any atom is -0.494 e. The van der Waals surface area contributed by atoms with Crippen molar-refractivity contribution in [2.45, 2.75) is 38.1 Å². The molecule has 3 nitrogen and oxygen atoms in total. The Morgan fingerprint density at radius 2 is 1.62 bits per heavy atom. The number of aliphatic hydroxyl groups is 1. The first-order valence-corrected chi connectivity index (χ1v) is 13.0. The second-order valence-electron chi connectivity index (χ2n) is 8.99. The number of halogens is 1. The molecule has 1 fully saturated rings. The number of rotatable bonds is 10. The number of hydrogen-bond acceptors (Lipinski definition) is 3. The van der Waals surface area contributed by atoms with Crippen LogP contribution in [0.5, 0.6) is 5.75 Å². The maximum Gasteiger partial charge on any atom is 0.119 e. The second kappa shape index (κ2) is 12.3. The van der Waals surface area contributed by atoms with Crippen molar-refractivity contribution in [2.75, 3.05) is 26.8 Å². The molecule has 3 aromatic rings. The first-order chi connectivity index (χ1) is 16.7. The predicted octanol–water partition coefficient (Wildman–Crippen LogP) is 7.04. The summed E-state index contributed by atoms with van der Waals surface area (Å²) in [5, 5.41) is 9.59. The summed E-state index contributed by atoms with van der Waals surface area (Å²) < 4.78 is 7.16. The molecule has 4 rings (SSSR count). The summed E-state index contributed by atoms with van der Waals surface area (Å²) in [5.41, 5.74) is 5.95. The highest BCUT2D eigenvalue weighted by Gasteiger charge is 2.20. The molecule has 1 heterocycles. The summed E-state index contributed by atoms with van der Waals surface area (Å²) in [4.78, 5) is 2.44. The van der Waals surface area contributed by atoms with Crippen molar-refractivity contribution in [3.63, 3.8) is 0 Å². The maximum absolute atomic E-state index is 9.59. The lowest BCUT2D eigenvalue weighted by molar-refractivity contribution is 0.233. The van der Waals surface area contributed by atoms with E-state index in [1.807, 2.05) is 6.07 Å². The van der Waals surface area contributed by atoms with Gasteiger partial charge in [0.25, 0.3) is 0 Å². The zero-order valence-electron chi connectivity index (χ0n) is 19.9. The van der Waals surface area contributed by atoms with Gasteiger partial charge >= 0.3 is 0 Å². The normalized spacial score (nSPS) is 17.0. The average Bonchev–Trinajstić information content (AvgIpc) is 3.28. The van der Waals surface area contributed by atoms with E-state index in [4.69, 9.17) is 4.74 Å². The third-order valence-corrected chi connectivity index (χ3v) is 7.20. The van der Waals surface area contributed by atoms with E-state index in [9.17, 15) is 5.11 Å². The summed E-state index contributed by atoms with van der Waals surface area (Å²) in [6.07, 6.45) is 5.17. The molecule has 0 saturated carbocycles. The van der Waals surface area contributed by atoms with Crippen LogP contribution in [0, 0.1) is 0 Å².